The molecule has 0 bridgehead atoms. The number of aromatic amines is 2. The molecule has 0 saturated carbocycles. The fourth-order valence-electron chi connectivity index (χ4n) is 5.29. The number of H-pyrrole nitrogens is 2. The Morgan fingerprint density at radius 3 is 1.63 bits per heavy atom. The molecule has 0 spiro atoms. The first-order valence-electron chi connectivity index (χ1n) is 20.7. The maximum Gasteiger partial charge on any atom is 0.343 e. The number of anilines is 1. The highest BCUT2D eigenvalue weighted by Crippen LogP contribution is 2.68. The number of aromatic nitrogens is 8. The molecule has 0 aliphatic heterocycles. The van der Waals surface area contributed by atoms with Crippen LogP contribution in [-0.4, -0.2) is 76.5 Å². The van der Waals surface area contributed by atoms with Crippen LogP contribution in [0, 0.1) is 0 Å². The quantitative estimate of drug-likeness (QED) is 0.0242. The van der Waals surface area contributed by atoms with Crippen LogP contribution in [0.2, 0.25) is 0 Å². The van der Waals surface area contributed by atoms with Crippen LogP contribution in [0.1, 0.15) is 61.6 Å². The van der Waals surface area contributed by atoms with Crippen molar-refractivity contribution in [2.45, 2.75) is 33.7 Å². The van der Waals surface area contributed by atoms with Crippen molar-refractivity contribution in [2.24, 2.45) is 0 Å². The second kappa shape index (κ2) is 30.1. The molecule has 3 aromatic carbocycles. The summed E-state index contributed by atoms with van der Waals surface area (Å²) in [6.45, 7) is 5.19. The summed E-state index contributed by atoms with van der Waals surface area (Å²) in [5.41, 5.74) is 9.60. The minimum absolute atomic E-state index is 0.175. The highest BCUT2D eigenvalue weighted by Gasteiger charge is 2.17. The van der Waals surface area contributed by atoms with Gasteiger partial charge in [0.05, 0.1) is 44.1 Å². The van der Waals surface area contributed by atoms with Gasteiger partial charge in [0.1, 0.15) is 46.9 Å². The smallest absolute Gasteiger partial charge is 0.343 e. The van der Waals surface area contributed by atoms with Crippen LogP contribution in [0.25, 0.3) is 11.3 Å². The molecular formula is C46H44Br4N9O11P. The van der Waals surface area contributed by atoms with E-state index < -0.39 is 21.2 Å². The minimum atomic E-state index is -2.20. The monoisotopic (exact) mass is 1240 g/mol. The first kappa shape index (κ1) is 56.9. The second-order valence-corrected chi connectivity index (χ2v) is 32.7. The summed E-state index contributed by atoms with van der Waals surface area (Å²) in [7, 11) is 0. The van der Waals surface area contributed by atoms with Crippen LogP contribution in [0.5, 0.6) is 0 Å². The summed E-state index contributed by atoms with van der Waals surface area (Å²) < 4.78 is 36.3. The Morgan fingerprint density at radius 1 is 0.662 bits per heavy atom. The summed E-state index contributed by atoms with van der Waals surface area (Å²) in [6.07, 6.45) is 9.98. The lowest BCUT2D eigenvalue weighted by Gasteiger charge is -2.03. The molecule has 71 heavy (non-hydrogen) atoms. The molecule has 4 N–H and O–H groups in total. The largest absolute Gasteiger partial charge is 0.501 e. The number of ether oxygens (including phenoxy) is 5. The van der Waals surface area contributed by atoms with Crippen molar-refractivity contribution < 1.29 is 47.4 Å². The molecule has 0 fully saturated rings. The van der Waals surface area contributed by atoms with E-state index >= 15 is 0 Å². The van der Waals surface area contributed by atoms with Gasteiger partial charge in [-0.25, -0.2) is 33.2 Å². The molecule has 0 amide bonds. The van der Waals surface area contributed by atoms with Crippen LogP contribution in [0.15, 0.2) is 156 Å². The zero-order valence-electron chi connectivity index (χ0n) is 37.6. The van der Waals surface area contributed by atoms with E-state index in [0.29, 0.717) is 34.7 Å². The van der Waals surface area contributed by atoms with Gasteiger partial charge in [-0.15, -0.1) is 0 Å². The van der Waals surface area contributed by atoms with Crippen LogP contribution in [-0.2, 0) is 52.9 Å². The van der Waals surface area contributed by atoms with E-state index in [1.807, 2.05) is 97.9 Å². The molecule has 372 valence electrons. The van der Waals surface area contributed by atoms with Crippen LogP contribution < -0.4 is 11.3 Å². The third-order valence-electron chi connectivity index (χ3n) is 8.46. The zero-order valence-corrected chi connectivity index (χ0v) is 44.8. The summed E-state index contributed by atoms with van der Waals surface area (Å²) in [6, 6.07) is 31.4. The van der Waals surface area contributed by atoms with Crippen LogP contribution in [0.3, 0.4) is 0 Å². The lowest BCUT2D eigenvalue weighted by molar-refractivity contribution is -0.137. The summed E-state index contributed by atoms with van der Waals surface area (Å²) in [4.78, 5) is 64.2. The van der Waals surface area contributed by atoms with E-state index in [1.165, 1.54) is 52.2 Å². The maximum atomic E-state index is 12.1. The van der Waals surface area contributed by atoms with E-state index in [1.54, 1.807) is 19.2 Å². The molecule has 0 atom stereocenters. The number of nitrogens with one attached hydrogen (secondary N) is 2. The Morgan fingerprint density at radius 2 is 1.14 bits per heavy atom. The van der Waals surface area contributed by atoms with E-state index in [2.05, 4.69) is 97.5 Å². The van der Waals surface area contributed by atoms with Crippen molar-refractivity contribution in [1.29, 1.82) is 0 Å². The van der Waals surface area contributed by atoms with Gasteiger partial charge < -0.3 is 34.4 Å². The Hall–Kier alpha value is -6.72. The van der Waals surface area contributed by atoms with E-state index in [0.717, 1.165) is 16.7 Å². The van der Waals surface area contributed by atoms with Gasteiger partial charge in [0.15, 0.2) is 11.3 Å². The third-order valence-corrected chi connectivity index (χ3v) is 8.90. The van der Waals surface area contributed by atoms with Crippen LogP contribution >= 0.6 is 65.6 Å². The van der Waals surface area contributed by atoms with E-state index in [-0.39, 0.29) is 48.3 Å². The highest BCUT2D eigenvalue weighted by atomic mass is 80.0. The Bertz CT molecular complexity index is 3070. The molecule has 8 rings (SSSR count). The standard InChI is InChI=1S/C14H10BrN3O2.C14H11N3O3.C11H11N3O2.C7H12O3.Br3OP/c15-12-6-7-18-13(17-12)11(8-16-18)14(19)20-9-10-4-2-1-3-5-10;18-12-6-7-17-13(16-12)11(8-15-17)14(19)20-9-10-4-2-1-3-5-10;12-10-9(6-13-14-10)11(15)16-7-8-4-2-1-3-5-8;1-3-9-6-5-7(8)10-4-2;1-5(2,3)4/h1-8H,9H2;1-8H,9H2,(H,16,18);1-6H,7H2,(H3,12,13,14);5-6H,3-4H2,1-2H3;/b;;;6-5+;. The molecule has 0 aliphatic rings. The average Bonchev–Trinajstić information content (AvgIpc) is 4.11. The van der Waals surface area contributed by atoms with Crippen molar-refractivity contribution in [3.8, 4) is 0 Å². The lowest BCUT2D eigenvalue weighted by Crippen LogP contribution is -2.10. The number of carbonyl (C=O) groups excluding carboxylic acids is 4. The Balaban J connectivity index is 0.000000204. The molecule has 5 heterocycles. The average molecular weight is 1250 g/mol. The van der Waals surface area contributed by atoms with Crippen molar-refractivity contribution in [3.05, 3.63) is 195 Å². The van der Waals surface area contributed by atoms with Crippen molar-refractivity contribution in [1.82, 2.24) is 39.4 Å². The van der Waals surface area contributed by atoms with Gasteiger partial charge in [-0.05, 0) is 52.5 Å². The van der Waals surface area contributed by atoms with E-state index in [9.17, 15) is 28.5 Å². The number of nitrogens with two attached hydrogens (primary N) is 1. The molecule has 0 unspecified atom stereocenters. The number of hydrogen-bond acceptors (Lipinski definition) is 16. The molecular weight excluding hydrogens is 1210 g/mol. The molecule has 25 heteroatoms. The summed E-state index contributed by atoms with van der Waals surface area (Å²) in [5.74, 6) is -1.58. The molecule has 0 saturated heterocycles. The maximum absolute atomic E-state index is 12.1. The fraction of sp³-hybridized carbons (Fsp3) is 0.152. The van der Waals surface area contributed by atoms with E-state index in [4.69, 9.17) is 24.7 Å². The summed E-state index contributed by atoms with van der Waals surface area (Å²) in [5, 5.41) is 14.2. The molecule has 0 radical (unpaired) electrons. The van der Waals surface area contributed by atoms with Crippen molar-refractivity contribution in [2.75, 3.05) is 18.9 Å². The van der Waals surface area contributed by atoms with Gasteiger partial charge in [-0.1, -0.05) is 91.0 Å². The van der Waals surface area contributed by atoms with Gasteiger partial charge in [0.2, 0.25) is 0 Å². The number of nitrogens with zero attached hydrogens (tertiary/aromatic N) is 6. The topological polar surface area (TPSA) is 267 Å². The van der Waals surface area contributed by atoms with Crippen LogP contribution in [0.4, 0.5) is 5.82 Å². The second-order valence-electron chi connectivity index (χ2n) is 13.5. The number of hydrogen-bond donors (Lipinski definition) is 3. The number of benzene rings is 3. The van der Waals surface area contributed by atoms with Gasteiger partial charge in [-0.2, -0.15) is 15.3 Å². The summed E-state index contributed by atoms with van der Waals surface area (Å²) >= 11 is 11.6. The number of esters is 4. The molecule has 20 nitrogen and oxygen atoms in total. The fourth-order valence-corrected chi connectivity index (χ4v) is 5.57. The SMILES string of the molecule is CCO/C=C/C(=O)OCC.Nc1[nH]ncc1C(=O)OCc1ccccc1.O=C(OCc1ccccc1)c1cnn2ccc(=O)[nH]c12.O=C(OCc1ccccc1)c1cnn2ccc(Br)nc12.O=P(Br)(Br)Br. The first-order valence-corrected chi connectivity index (χ1v) is 29.2. The predicted octanol–water partition coefficient (Wildman–Crippen LogP) is 9.96. The molecule has 8 aromatic rings. The number of halogens is 4. The number of carbonyl (C=O) groups is 4. The predicted molar refractivity (Wildman–Crippen MR) is 278 cm³/mol. The third kappa shape index (κ3) is 21.0. The number of fused-ring (bicyclic) bond motifs is 2. The molecule has 5 aromatic heterocycles. The Labute approximate surface area is 438 Å². The Kier molecular flexibility index (Phi) is 24.1. The van der Waals surface area contributed by atoms with Crippen molar-refractivity contribution in [3.63, 3.8) is 0 Å². The number of rotatable bonds is 13. The number of nitrogen functional groups attached to an aromatic ring is 1. The van der Waals surface area contributed by atoms with Crippen molar-refractivity contribution >= 4 is 107 Å². The normalized spacial score (nSPS) is 10.5. The zero-order chi connectivity index (χ0) is 51.6. The van der Waals surface area contributed by atoms with Gasteiger partial charge in [-0.3, -0.25) is 14.5 Å². The first-order chi connectivity index (χ1) is 34.1. The van der Waals surface area contributed by atoms with Gasteiger partial charge in [0, 0.05) is 64.9 Å². The van der Waals surface area contributed by atoms with Gasteiger partial charge in [0.25, 0.3) is 8.81 Å². The van der Waals surface area contributed by atoms with Gasteiger partial charge >= 0.3 is 23.9 Å². The lowest BCUT2D eigenvalue weighted by atomic mass is 10.2. The highest BCUT2D eigenvalue weighted by molar-refractivity contribution is 9.94. The molecule has 0 aliphatic carbocycles. The minimum Gasteiger partial charge on any atom is -0.501 e.